The molecule has 0 aliphatic rings. The van der Waals surface area contributed by atoms with Crippen LogP contribution in [0.15, 0.2) is 0 Å². The van der Waals surface area contributed by atoms with E-state index in [4.69, 9.17) is 0 Å². The van der Waals surface area contributed by atoms with Crippen LogP contribution in [0.3, 0.4) is 0 Å². The molecule has 0 aliphatic heterocycles. The molecule has 0 aromatic rings. The monoisotopic (exact) mass is 127 g/mol. The van der Waals surface area contributed by atoms with Crippen LogP contribution in [0.4, 0.5) is 0 Å². The molecule has 0 aliphatic carbocycles. The largest absolute Gasteiger partial charge is 0.200 e. The highest BCUT2D eigenvalue weighted by Gasteiger charge is 1.93. The van der Waals surface area contributed by atoms with E-state index in [0.29, 0.717) is 0 Å². The Bertz CT molecular complexity index is 41.7. The van der Waals surface area contributed by atoms with Gasteiger partial charge in [-0.25, -0.2) is 0 Å². The summed E-state index contributed by atoms with van der Waals surface area (Å²) >= 11 is 0.788. The van der Waals surface area contributed by atoms with Crippen LogP contribution < -0.4 is 0 Å². The van der Waals surface area contributed by atoms with E-state index in [1.807, 2.05) is 0 Å². The SMILES string of the molecule is CC[CH2][Al][CH2]C(C)C. The Kier molecular flexibility index (Phi) is 6.04. The van der Waals surface area contributed by atoms with Gasteiger partial charge in [0.15, 0.2) is 15.2 Å². The first-order valence-electron chi connectivity index (χ1n) is 3.59. The van der Waals surface area contributed by atoms with Gasteiger partial charge < -0.3 is 0 Å². The molecule has 0 heterocycles. The van der Waals surface area contributed by atoms with E-state index in [0.717, 1.165) is 21.1 Å². The third-order valence-corrected chi connectivity index (χ3v) is 3.39. The Morgan fingerprint density at radius 3 is 2.38 bits per heavy atom. The Morgan fingerprint density at radius 2 is 2.00 bits per heavy atom. The van der Waals surface area contributed by atoms with Crippen molar-refractivity contribution in [1.29, 1.82) is 0 Å². The van der Waals surface area contributed by atoms with E-state index in [9.17, 15) is 0 Å². The maximum Gasteiger partial charge on any atom is 0.200 e. The summed E-state index contributed by atoms with van der Waals surface area (Å²) in [4.78, 5) is 0. The Hall–Kier alpha value is 0.532. The molecule has 0 amide bonds. The van der Waals surface area contributed by atoms with Gasteiger partial charge in [-0.05, 0) is 0 Å². The maximum absolute atomic E-state index is 2.31. The van der Waals surface area contributed by atoms with Gasteiger partial charge in [0.05, 0.1) is 0 Å². The molecule has 0 N–H and O–H groups in total. The minimum Gasteiger partial charge on any atom is -0.104 e. The number of hydrogen-bond acceptors (Lipinski definition) is 0. The normalized spacial score (nSPS) is 10.0. The van der Waals surface area contributed by atoms with Crippen LogP contribution in [0.25, 0.3) is 0 Å². The van der Waals surface area contributed by atoms with E-state index in [2.05, 4.69) is 20.8 Å². The maximum atomic E-state index is 2.31. The molecular formula is C7H16Al. The summed E-state index contributed by atoms with van der Waals surface area (Å²) in [7, 11) is 0. The van der Waals surface area contributed by atoms with Gasteiger partial charge in [0.25, 0.3) is 0 Å². The van der Waals surface area contributed by atoms with Crippen molar-refractivity contribution in [1.82, 2.24) is 0 Å². The third-order valence-electron chi connectivity index (χ3n) is 1.13. The Morgan fingerprint density at radius 1 is 1.38 bits per heavy atom. The van der Waals surface area contributed by atoms with Gasteiger partial charge in [0.2, 0.25) is 0 Å². The zero-order valence-electron chi connectivity index (χ0n) is 6.28. The quantitative estimate of drug-likeness (QED) is 0.402. The van der Waals surface area contributed by atoms with Gasteiger partial charge in [-0.2, -0.15) is 0 Å². The second-order valence-electron chi connectivity index (χ2n) is 2.71. The standard InChI is InChI=1S/C4H9.C3H7.Al/c1-4(2)3;1-3-2;/h4H,1H2,2-3H3;1,3H2,2H3;. The van der Waals surface area contributed by atoms with Crippen molar-refractivity contribution in [3.63, 3.8) is 0 Å². The van der Waals surface area contributed by atoms with Crippen LogP contribution in [0.5, 0.6) is 0 Å². The van der Waals surface area contributed by atoms with Crippen molar-refractivity contribution in [2.75, 3.05) is 0 Å². The lowest BCUT2D eigenvalue weighted by Gasteiger charge is -1.98. The smallest absolute Gasteiger partial charge is 0.104 e. The summed E-state index contributed by atoms with van der Waals surface area (Å²) in [5.41, 5.74) is 0. The lowest BCUT2D eigenvalue weighted by molar-refractivity contribution is 0.728. The zero-order valence-corrected chi connectivity index (χ0v) is 7.43. The second kappa shape index (κ2) is 5.67. The summed E-state index contributed by atoms with van der Waals surface area (Å²) in [5.74, 6) is 0.941. The zero-order chi connectivity index (χ0) is 6.41. The first-order valence-corrected chi connectivity index (χ1v) is 5.22. The molecule has 0 saturated heterocycles. The fourth-order valence-corrected chi connectivity index (χ4v) is 1.97. The molecule has 0 atom stereocenters. The van der Waals surface area contributed by atoms with Crippen molar-refractivity contribution >= 4 is 15.2 Å². The van der Waals surface area contributed by atoms with Gasteiger partial charge in [-0.3, -0.25) is 0 Å². The highest BCUT2D eigenvalue weighted by molar-refractivity contribution is 6.35. The Balaban J connectivity index is 2.72. The van der Waals surface area contributed by atoms with Crippen molar-refractivity contribution in [2.45, 2.75) is 37.8 Å². The van der Waals surface area contributed by atoms with Crippen molar-refractivity contribution in [3.8, 4) is 0 Å². The minimum absolute atomic E-state index is 0.788. The summed E-state index contributed by atoms with van der Waals surface area (Å²) in [6.45, 7) is 6.89. The van der Waals surface area contributed by atoms with E-state index in [1.54, 1.807) is 0 Å². The fourth-order valence-electron chi connectivity index (χ4n) is 0.655. The van der Waals surface area contributed by atoms with Gasteiger partial charge in [-0.15, -0.1) is 10.6 Å². The van der Waals surface area contributed by atoms with Crippen LogP contribution in [0.1, 0.15) is 27.2 Å². The molecule has 0 rings (SSSR count). The topological polar surface area (TPSA) is 0 Å². The molecule has 0 nitrogen and oxygen atoms in total. The molecule has 0 aromatic heterocycles. The van der Waals surface area contributed by atoms with E-state index in [1.165, 1.54) is 17.0 Å². The van der Waals surface area contributed by atoms with Crippen LogP contribution >= 0.6 is 0 Å². The molecule has 47 valence electrons. The lowest BCUT2D eigenvalue weighted by atomic mass is 10.3. The summed E-state index contributed by atoms with van der Waals surface area (Å²) < 4.78 is 0. The highest BCUT2D eigenvalue weighted by Crippen LogP contribution is 2.01. The molecular weight excluding hydrogens is 111 g/mol. The molecule has 1 radical (unpaired) electrons. The molecule has 0 bridgehead atoms. The molecule has 0 saturated carbocycles. The second-order valence-corrected chi connectivity index (χ2v) is 4.33. The van der Waals surface area contributed by atoms with Crippen LogP contribution in [-0.4, -0.2) is 15.2 Å². The molecule has 0 aromatic carbocycles. The molecule has 1 heteroatoms. The van der Waals surface area contributed by atoms with Gasteiger partial charge >= 0.3 is 0 Å². The van der Waals surface area contributed by atoms with Gasteiger partial charge in [0.1, 0.15) is 0 Å². The predicted molar refractivity (Wildman–Crippen MR) is 40.5 cm³/mol. The van der Waals surface area contributed by atoms with E-state index < -0.39 is 0 Å². The minimum atomic E-state index is 0.788. The van der Waals surface area contributed by atoms with Crippen molar-refractivity contribution < 1.29 is 0 Å². The van der Waals surface area contributed by atoms with Crippen LogP contribution in [0.2, 0.25) is 10.6 Å². The van der Waals surface area contributed by atoms with Crippen molar-refractivity contribution in [3.05, 3.63) is 0 Å². The molecule has 0 spiro atoms. The lowest BCUT2D eigenvalue weighted by Crippen LogP contribution is -1.93. The first kappa shape index (κ1) is 8.53. The molecule has 8 heavy (non-hydrogen) atoms. The summed E-state index contributed by atoms with van der Waals surface area (Å²) in [5, 5.41) is 2.99. The average molecular weight is 127 g/mol. The Labute approximate surface area is 59.4 Å². The predicted octanol–water partition coefficient (Wildman–Crippen LogP) is 2.59. The summed E-state index contributed by atoms with van der Waals surface area (Å²) in [6, 6.07) is 0. The van der Waals surface area contributed by atoms with Crippen LogP contribution in [0, 0.1) is 5.92 Å². The number of rotatable bonds is 4. The van der Waals surface area contributed by atoms with E-state index >= 15 is 0 Å². The summed E-state index contributed by atoms with van der Waals surface area (Å²) in [6.07, 6.45) is 1.39. The molecule has 0 unspecified atom stereocenters. The van der Waals surface area contributed by atoms with E-state index in [-0.39, 0.29) is 0 Å². The number of hydrogen-bond donors (Lipinski definition) is 0. The van der Waals surface area contributed by atoms with Gasteiger partial charge in [-0.1, -0.05) is 33.1 Å². The van der Waals surface area contributed by atoms with Gasteiger partial charge in [0, 0.05) is 0 Å². The fraction of sp³-hybridized carbons (Fsp3) is 1.00. The average Bonchev–Trinajstić information content (AvgIpc) is 1.66. The highest BCUT2D eigenvalue weighted by atomic mass is 27.1. The van der Waals surface area contributed by atoms with Crippen molar-refractivity contribution in [2.24, 2.45) is 5.92 Å². The molecule has 0 fully saturated rings. The first-order chi connectivity index (χ1) is 3.77. The third kappa shape index (κ3) is 6.53. The van der Waals surface area contributed by atoms with Crippen LogP contribution in [-0.2, 0) is 0 Å².